The molecule has 27 heavy (non-hydrogen) atoms. The van der Waals surface area contributed by atoms with Crippen molar-refractivity contribution < 1.29 is 19.1 Å². The van der Waals surface area contributed by atoms with Gasteiger partial charge in [-0.3, -0.25) is 9.59 Å². The molecule has 0 fully saturated rings. The maximum Gasteiger partial charge on any atom is 0.341 e. The van der Waals surface area contributed by atoms with E-state index in [1.165, 1.54) is 36.5 Å². The molecule has 0 saturated heterocycles. The van der Waals surface area contributed by atoms with Crippen LogP contribution in [0.1, 0.15) is 44.5 Å². The summed E-state index contributed by atoms with van der Waals surface area (Å²) in [5.41, 5.74) is 12.8. The molecule has 0 aliphatic heterocycles. The summed E-state index contributed by atoms with van der Waals surface area (Å²) in [6.07, 6.45) is 1.49. The Hall–Kier alpha value is -2.58. The second-order valence-electron chi connectivity index (χ2n) is 6.19. The molecule has 1 atom stereocenters. The minimum atomic E-state index is -1.09. The van der Waals surface area contributed by atoms with Gasteiger partial charge in [-0.15, -0.1) is 11.3 Å². The lowest BCUT2D eigenvalue weighted by Crippen LogP contribution is -2.30. The summed E-state index contributed by atoms with van der Waals surface area (Å²) in [6, 6.07) is 4.36. The molecular formula is C18H18ClN3O4S. The van der Waals surface area contributed by atoms with E-state index < -0.39 is 23.9 Å². The predicted octanol–water partition coefficient (Wildman–Crippen LogP) is 2.76. The molecule has 1 aromatic heterocycles. The van der Waals surface area contributed by atoms with Gasteiger partial charge in [0, 0.05) is 15.6 Å². The summed E-state index contributed by atoms with van der Waals surface area (Å²) in [5, 5.41) is 3.43. The molecule has 0 unspecified atom stereocenters. The maximum atomic E-state index is 12.4. The number of hydrogen-bond acceptors (Lipinski definition) is 6. The van der Waals surface area contributed by atoms with E-state index in [0.717, 1.165) is 29.7 Å². The lowest BCUT2D eigenvalue weighted by molar-refractivity contribution is -0.123. The van der Waals surface area contributed by atoms with E-state index in [2.05, 4.69) is 5.32 Å². The molecule has 0 saturated carbocycles. The van der Waals surface area contributed by atoms with E-state index in [1.54, 1.807) is 0 Å². The van der Waals surface area contributed by atoms with E-state index in [9.17, 15) is 14.4 Å². The lowest BCUT2D eigenvalue weighted by atomic mass is 10.1. The fourth-order valence-electron chi connectivity index (χ4n) is 2.96. The van der Waals surface area contributed by atoms with Crippen LogP contribution in [0, 0.1) is 0 Å². The minimum Gasteiger partial charge on any atom is -0.449 e. The second-order valence-corrected chi connectivity index (χ2v) is 7.74. The van der Waals surface area contributed by atoms with Crippen LogP contribution in [-0.2, 0) is 22.4 Å². The van der Waals surface area contributed by atoms with Gasteiger partial charge in [-0.2, -0.15) is 0 Å². The van der Waals surface area contributed by atoms with Gasteiger partial charge in [-0.05, 0) is 49.9 Å². The monoisotopic (exact) mass is 407 g/mol. The number of nitrogen functional groups attached to an aromatic ring is 1. The van der Waals surface area contributed by atoms with Crippen molar-refractivity contribution >= 4 is 51.4 Å². The van der Waals surface area contributed by atoms with Crippen molar-refractivity contribution in [2.45, 2.75) is 32.3 Å². The second kappa shape index (κ2) is 7.58. The Morgan fingerprint density at radius 2 is 2.04 bits per heavy atom. The Morgan fingerprint density at radius 3 is 2.70 bits per heavy atom. The van der Waals surface area contributed by atoms with Crippen LogP contribution in [0.25, 0.3) is 0 Å². The van der Waals surface area contributed by atoms with E-state index in [4.69, 9.17) is 27.8 Å². The number of rotatable bonds is 5. The number of anilines is 2. The summed E-state index contributed by atoms with van der Waals surface area (Å²) in [4.78, 5) is 37.5. The number of nitrogens with two attached hydrogens (primary N) is 2. The first-order chi connectivity index (χ1) is 12.8. The number of ether oxygens (including phenoxy) is 1. The molecule has 5 N–H and O–H groups in total. The summed E-state index contributed by atoms with van der Waals surface area (Å²) >= 11 is 7.14. The fraction of sp³-hybridized carbons (Fsp3) is 0.278. The molecule has 9 heteroatoms. The number of benzene rings is 1. The van der Waals surface area contributed by atoms with Crippen molar-refractivity contribution in [3.8, 4) is 0 Å². The minimum absolute atomic E-state index is 0.118. The van der Waals surface area contributed by atoms with Gasteiger partial charge in [0.05, 0.1) is 11.1 Å². The number of primary amides is 1. The van der Waals surface area contributed by atoms with Crippen LogP contribution in [0.15, 0.2) is 18.2 Å². The quantitative estimate of drug-likeness (QED) is 0.519. The molecule has 7 nitrogen and oxygen atoms in total. The third kappa shape index (κ3) is 3.91. The number of halogens is 1. The van der Waals surface area contributed by atoms with Crippen LogP contribution in [0.3, 0.4) is 0 Å². The van der Waals surface area contributed by atoms with Crippen molar-refractivity contribution in [3.05, 3.63) is 44.8 Å². The number of aryl methyl sites for hydroxylation is 1. The van der Waals surface area contributed by atoms with Gasteiger partial charge in [0.1, 0.15) is 5.00 Å². The van der Waals surface area contributed by atoms with E-state index in [1.807, 2.05) is 0 Å². The largest absolute Gasteiger partial charge is 0.449 e. The van der Waals surface area contributed by atoms with Crippen molar-refractivity contribution in [3.63, 3.8) is 0 Å². The van der Waals surface area contributed by atoms with Crippen LogP contribution in [-0.4, -0.2) is 23.9 Å². The Balaban J connectivity index is 1.71. The molecule has 2 aromatic rings. The standard InChI is InChI=1S/C18H18ClN3O4S/c1-8(26-18(25)10-6-5-9(19)7-12(10)20)16(24)22-17-14(15(21)23)11-3-2-4-13(11)27-17/h5-8H,2-4,20H2,1H3,(H2,21,23)(H,22,24)/t8-/m0/s1. The van der Waals surface area contributed by atoms with Gasteiger partial charge in [-0.25, -0.2) is 4.79 Å². The highest BCUT2D eigenvalue weighted by atomic mass is 35.5. The van der Waals surface area contributed by atoms with Crippen molar-refractivity contribution in [1.82, 2.24) is 0 Å². The predicted molar refractivity (Wildman–Crippen MR) is 104 cm³/mol. The molecule has 0 spiro atoms. The summed E-state index contributed by atoms with van der Waals surface area (Å²) < 4.78 is 5.18. The number of fused-ring (bicyclic) bond motifs is 1. The number of nitrogens with one attached hydrogen (secondary N) is 1. The summed E-state index contributed by atoms with van der Waals surface area (Å²) in [5.74, 6) is -1.88. The normalized spacial score (nSPS) is 13.7. The first-order valence-corrected chi connectivity index (χ1v) is 9.48. The molecule has 0 bridgehead atoms. The average Bonchev–Trinajstić information content (AvgIpc) is 3.14. The first-order valence-electron chi connectivity index (χ1n) is 8.29. The fourth-order valence-corrected chi connectivity index (χ4v) is 4.44. The van der Waals surface area contributed by atoms with Crippen LogP contribution in [0.5, 0.6) is 0 Å². The smallest absolute Gasteiger partial charge is 0.341 e. The van der Waals surface area contributed by atoms with Gasteiger partial charge < -0.3 is 21.5 Å². The molecule has 2 amide bonds. The number of thiophene rings is 1. The molecule has 0 radical (unpaired) electrons. The lowest BCUT2D eigenvalue weighted by Gasteiger charge is -2.14. The van der Waals surface area contributed by atoms with E-state index in [-0.39, 0.29) is 11.3 Å². The Kier molecular flexibility index (Phi) is 5.38. The molecule has 1 aliphatic carbocycles. The third-order valence-corrected chi connectivity index (χ3v) is 5.73. The van der Waals surface area contributed by atoms with Crippen LogP contribution < -0.4 is 16.8 Å². The van der Waals surface area contributed by atoms with E-state index >= 15 is 0 Å². The van der Waals surface area contributed by atoms with E-state index in [0.29, 0.717) is 15.6 Å². The average molecular weight is 408 g/mol. The van der Waals surface area contributed by atoms with Gasteiger partial charge in [0.25, 0.3) is 11.8 Å². The molecule has 142 valence electrons. The Labute approximate surface area is 164 Å². The SMILES string of the molecule is C[C@H](OC(=O)c1ccc(Cl)cc1N)C(=O)Nc1sc2c(c1C(N)=O)CCC2. The highest BCUT2D eigenvalue weighted by Gasteiger charge is 2.28. The van der Waals surface area contributed by atoms with Crippen molar-refractivity contribution in [1.29, 1.82) is 0 Å². The number of hydrogen-bond donors (Lipinski definition) is 3. The molecule has 1 aliphatic rings. The van der Waals surface area contributed by atoms with Gasteiger partial charge in [0.2, 0.25) is 0 Å². The number of carbonyl (C=O) groups excluding carboxylic acids is 3. The highest BCUT2D eigenvalue weighted by Crippen LogP contribution is 2.38. The molecule has 1 aromatic carbocycles. The molecule has 1 heterocycles. The van der Waals surface area contributed by atoms with Crippen LogP contribution in [0.2, 0.25) is 5.02 Å². The van der Waals surface area contributed by atoms with Crippen molar-refractivity contribution in [2.75, 3.05) is 11.1 Å². The topological polar surface area (TPSA) is 125 Å². The van der Waals surface area contributed by atoms with Crippen LogP contribution >= 0.6 is 22.9 Å². The third-order valence-electron chi connectivity index (χ3n) is 4.29. The Morgan fingerprint density at radius 1 is 1.30 bits per heavy atom. The zero-order valence-electron chi connectivity index (χ0n) is 14.5. The van der Waals surface area contributed by atoms with Crippen LogP contribution in [0.4, 0.5) is 10.7 Å². The summed E-state index contributed by atoms with van der Waals surface area (Å²) in [6.45, 7) is 1.44. The number of amides is 2. The van der Waals surface area contributed by atoms with Gasteiger partial charge in [0.15, 0.2) is 6.10 Å². The molecular weight excluding hydrogens is 390 g/mol. The zero-order valence-corrected chi connectivity index (χ0v) is 16.1. The Bertz CT molecular complexity index is 941. The highest BCUT2D eigenvalue weighted by molar-refractivity contribution is 7.17. The number of esters is 1. The zero-order chi connectivity index (χ0) is 19.7. The number of carbonyl (C=O) groups is 3. The van der Waals surface area contributed by atoms with Crippen molar-refractivity contribution in [2.24, 2.45) is 5.73 Å². The summed E-state index contributed by atoms with van der Waals surface area (Å²) in [7, 11) is 0. The maximum absolute atomic E-state index is 12.4. The van der Waals surface area contributed by atoms with Gasteiger partial charge in [-0.1, -0.05) is 11.6 Å². The first kappa shape index (κ1) is 19.2. The van der Waals surface area contributed by atoms with Gasteiger partial charge >= 0.3 is 5.97 Å². The molecule has 3 rings (SSSR count).